The summed E-state index contributed by atoms with van der Waals surface area (Å²) in [6.45, 7) is 3.98. The van der Waals surface area contributed by atoms with Crippen molar-refractivity contribution in [2.45, 2.75) is 6.92 Å². The molecule has 1 fully saturated rings. The van der Waals surface area contributed by atoms with Crippen LogP contribution in [0.4, 0.5) is 4.79 Å². The number of ether oxygens (including phenoxy) is 1. The van der Waals surface area contributed by atoms with Crippen molar-refractivity contribution in [3.8, 4) is 0 Å². The van der Waals surface area contributed by atoms with Crippen molar-refractivity contribution in [3.63, 3.8) is 0 Å². The smallest absolute Gasteiger partial charge is 0.407 e. The summed E-state index contributed by atoms with van der Waals surface area (Å²) in [5.74, 6) is -0.163. The van der Waals surface area contributed by atoms with Crippen LogP contribution in [0.3, 0.4) is 0 Å². The third-order valence-electron chi connectivity index (χ3n) is 2.48. The number of piperazine rings is 1. The number of nitrogens with one attached hydrogen (secondary N) is 1. The molecule has 0 bridgehead atoms. The van der Waals surface area contributed by atoms with E-state index in [1.807, 2.05) is 0 Å². The maximum Gasteiger partial charge on any atom is 0.407 e. The summed E-state index contributed by atoms with van der Waals surface area (Å²) in [4.78, 5) is 36.3. The molecule has 1 heterocycles. The maximum absolute atomic E-state index is 11.7. The Morgan fingerprint density at radius 3 is 2.47 bits per heavy atom. The second-order valence-electron chi connectivity index (χ2n) is 3.60. The van der Waals surface area contributed by atoms with E-state index >= 15 is 0 Å². The first-order chi connectivity index (χ1) is 8.17. The summed E-state index contributed by atoms with van der Waals surface area (Å²) < 4.78 is 4.64. The average molecular weight is 243 g/mol. The number of nitrogens with zero attached hydrogens (tertiary/aromatic N) is 2. The van der Waals surface area contributed by atoms with Crippen molar-refractivity contribution in [2.75, 3.05) is 39.3 Å². The summed E-state index contributed by atoms with van der Waals surface area (Å²) in [6, 6.07) is 0. The van der Waals surface area contributed by atoms with Crippen LogP contribution in [0.25, 0.3) is 0 Å². The van der Waals surface area contributed by atoms with E-state index in [1.54, 1.807) is 16.7 Å². The van der Waals surface area contributed by atoms with Crippen molar-refractivity contribution in [2.24, 2.45) is 0 Å². The molecule has 0 radical (unpaired) electrons. The van der Waals surface area contributed by atoms with E-state index in [2.05, 4.69) is 10.1 Å². The fraction of sp³-hybridized carbons (Fsp3) is 0.700. The van der Waals surface area contributed by atoms with Crippen LogP contribution in [0.5, 0.6) is 0 Å². The normalized spacial score (nSPS) is 15.4. The van der Waals surface area contributed by atoms with Crippen LogP contribution in [0.1, 0.15) is 6.92 Å². The van der Waals surface area contributed by atoms with Gasteiger partial charge >= 0.3 is 6.09 Å². The van der Waals surface area contributed by atoms with E-state index < -0.39 is 6.09 Å². The lowest BCUT2D eigenvalue weighted by atomic mass is 10.3. The van der Waals surface area contributed by atoms with Gasteiger partial charge in [0.15, 0.2) is 0 Å². The molecule has 3 amide bonds. The quantitative estimate of drug-likeness (QED) is 0.645. The number of carbonyl (C=O) groups excluding carboxylic acids is 3. The zero-order valence-corrected chi connectivity index (χ0v) is 9.85. The molecule has 1 aliphatic heterocycles. The van der Waals surface area contributed by atoms with Gasteiger partial charge in [-0.05, 0) is 6.92 Å². The molecule has 17 heavy (non-hydrogen) atoms. The van der Waals surface area contributed by atoms with Crippen LogP contribution < -0.4 is 5.32 Å². The van der Waals surface area contributed by atoms with Crippen molar-refractivity contribution >= 4 is 18.4 Å². The zero-order valence-electron chi connectivity index (χ0n) is 9.85. The van der Waals surface area contributed by atoms with Gasteiger partial charge in [-0.1, -0.05) is 0 Å². The number of hydrogen-bond acceptors (Lipinski definition) is 4. The zero-order chi connectivity index (χ0) is 12.7. The van der Waals surface area contributed by atoms with Gasteiger partial charge in [-0.3, -0.25) is 9.59 Å². The lowest BCUT2D eigenvalue weighted by molar-refractivity contribution is -0.134. The fourth-order valence-corrected chi connectivity index (χ4v) is 1.52. The lowest BCUT2D eigenvalue weighted by Crippen LogP contribution is -2.50. The van der Waals surface area contributed by atoms with Crippen LogP contribution in [0.2, 0.25) is 0 Å². The Morgan fingerprint density at radius 1 is 1.29 bits per heavy atom. The average Bonchev–Trinajstić information content (AvgIpc) is 2.36. The van der Waals surface area contributed by atoms with Crippen molar-refractivity contribution < 1.29 is 19.1 Å². The Kier molecular flexibility index (Phi) is 5.25. The molecule has 7 nitrogen and oxygen atoms in total. The fourth-order valence-electron chi connectivity index (χ4n) is 1.52. The van der Waals surface area contributed by atoms with E-state index in [9.17, 15) is 14.4 Å². The molecular weight excluding hydrogens is 226 g/mol. The van der Waals surface area contributed by atoms with Gasteiger partial charge in [0.2, 0.25) is 12.3 Å². The van der Waals surface area contributed by atoms with E-state index in [0.29, 0.717) is 26.2 Å². The van der Waals surface area contributed by atoms with Crippen molar-refractivity contribution in [3.05, 3.63) is 0 Å². The van der Waals surface area contributed by atoms with E-state index in [4.69, 9.17) is 0 Å². The highest BCUT2D eigenvalue weighted by Gasteiger charge is 2.20. The van der Waals surface area contributed by atoms with Crippen LogP contribution >= 0.6 is 0 Å². The Bertz CT molecular complexity index is 287. The monoisotopic (exact) mass is 243 g/mol. The molecule has 96 valence electrons. The maximum atomic E-state index is 11.7. The lowest BCUT2D eigenvalue weighted by Gasteiger charge is -2.32. The standard InChI is InChI=1S/C10H17N3O4/c1-2-17-10(16)11-7-9(15)13-5-3-12(8-14)4-6-13/h8H,2-7H2,1H3,(H,11,16). The molecule has 0 spiro atoms. The first-order valence-electron chi connectivity index (χ1n) is 5.55. The highest BCUT2D eigenvalue weighted by atomic mass is 16.5. The Morgan fingerprint density at radius 2 is 1.94 bits per heavy atom. The molecule has 1 rings (SSSR count). The van der Waals surface area contributed by atoms with Crippen LogP contribution in [-0.4, -0.2) is 67.5 Å². The van der Waals surface area contributed by atoms with Crippen LogP contribution in [0.15, 0.2) is 0 Å². The molecule has 0 aromatic rings. The summed E-state index contributed by atoms with van der Waals surface area (Å²) in [5, 5.41) is 2.37. The van der Waals surface area contributed by atoms with Gasteiger partial charge in [-0.2, -0.15) is 0 Å². The van der Waals surface area contributed by atoms with Crippen molar-refractivity contribution in [1.29, 1.82) is 0 Å². The van der Waals surface area contributed by atoms with Crippen LogP contribution in [-0.2, 0) is 14.3 Å². The predicted molar refractivity (Wildman–Crippen MR) is 59.2 cm³/mol. The molecule has 0 aliphatic carbocycles. The minimum Gasteiger partial charge on any atom is -0.450 e. The second-order valence-corrected chi connectivity index (χ2v) is 3.60. The number of alkyl carbamates (subject to hydrolysis) is 1. The van der Waals surface area contributed by atoms with E-state index in [1.165, 1.54) is 0 Å². The van der Waals surface area contributed by atoms with E-state index in [-0.39, 0.29) is 19.1 Å². The molecule has 0 unspecified atom stereocenters. The second kappa shape index (κ2) is 6.72. The molecule has 0 aromatic heterocycles. The summed E-state index contributed by atoms with van der Waals surface area (Å²) in [6.07, 6.45) is 0.186. The van der Waals surface area contributed by atoms with Gasteiger partial charge in [-0.15, -0.1) is 0 Å². The van der Waals surface area contributed by atoms with Gasteiger partial charge < -0.3 is 19.9 Å². The van der Waals surface area contributed by atoms with Crippen LogP contribution in [0, 0.1) is 0 Å². The summed E-state index contributed by atoms with van der Waals surface area (Å²) in [5.41, 5.74) is 0. The summed E-state index contributed by atoms with van der Waals surface area (Å²) >= 11 is 0. The molecule has 7 heteroatoms. The van der Waals surface area contributed by atoms with Gasteiger partial charge in [0.05, 0.1) is 6.61 Å². The first-order valence-corrected chi connectivity index (χ1v) is 5.55. The van der Waals surface area contributed by atoms with E-state index in [0.717, 1.165) is 6.41 Å². The molecule has 0 atom stereocenters. The molecular formula is C10H17N3O4. The highest BCUT2D eigenvalue weighted by Crippen LogP contribution is 1.99. The molecule has 1 saturated heterocycles. The number of amides is 3. The predicted octanol–water partition coefficient (Wildman–Crippen LogP) is -0.967. The van der Waals surface area contributed by atoms with Gasteiger partial charge in [-0.25, -0.2) is 4.79 Å². The minimum atomic E-state index is -0.590. The highest BCUT2D eigenvalue weighted by molar-refractivity contribution is 5.82. The largest absolute Gasteiger partial charge is 0.450 e. The Balaban J connectivity index is 2.24. The van der Waals surface area contributed by atoms with Gasteiger partial charge in [0.25, 0.3) is 0 Å². The molecule has 0 aromatic carbocycles. The Labute approximate surface area is 99.7 Å². The number of carbonyl (C=O) groups is 3. The SMILES string of the molecule is CCOC(=O)NCC(=O)N1CCN(C=O)CC1. The minimum absolute atomic E-state index is 0.0695. The third-order valence-corrected chi connectivity index (χ3v) is 2.48. The Hall–Kier alpha value is -1.79. The van der Waals surface area contributed by atoms with Gasteiger partial charge in [0, 0.05) is 26.2 Å². The molecule has 1 aliphatic rings. The topological polar surface area (TPSA) is 79.0 Å². The molecule has 0 saturated carbocycles. The van der Waals surface area contributed by atoms with Crippen molar-refractivity contribution in [1.82, 2.24) is 15.1 Å². The first kappa shape index (κ1) is 13.3. The van der Waals surface area contributed by atoms with Gasteiger partial charge in [0.1, 0.15) is 6.54 Å². The number of rotatable bonds is 4. The third kappa shape index (κ3) is 4.29. The number of hydrogen-bond donors (Lipinski definition) is 1. The molecule has 1 N–H and O–H groups in total. The summed E-state index contributed by atoms with van der Waals surface area (Å²) in [7, 11) is 0.